The smallest absolute Gasteiger partial charge is 0.130 e. The lowest BCUT2D eigenvalue weighted by Crippen LogP contribution is -2.41. The second kappa shape index (κ2) is 5.35. The fourth-order valence-corrected chi connectivity index (χ4v) is 3.44. The monoisotopic (exact) mass is 305 g/mol. The van der Waals surface area contributed by atoms with Gasteiger partial charge in [-0.05, 0) is 25.8 Å². The molecule has 2 aromatic rings. The van der Waals surface area contributed by atoms with E-state index in [0.717, 1.165) is 29.8 Å². The Bertz CT molecular complexity index is 668. The summed E-state index contributed by atoms with van der Waals surface area (Å²) in [4.78, 5) is 0. The number of rotatable bonds is 3. The lowest BCUT2D eigenvalue weighted by atomic mass is 9.72. The molecule has 1 unspecified atom stereocenters. The molecule has 0 spiro atoms. The van der Waals surface area contributed by atoms with Gasteiger partial charge in [0.05, 0.1) is 12.3 Å². The van der Waals surface area contributed by atoms with Gasteiger partial charge in [-0.15, -0.1) is 0 Å². The van der Waals surface area contributed by atoms with E-state index in [1.807, 2.05) is 32.2 Å². The number of halogens is 1. The van der Waals surface area contributed by atoms with Crippen LogP contribution < -0.4 is 10.5 Å². The topological polar surface area (TPSA) is 53.1 Å². The Morgan fingerprint density at radius 2 is 2.19 bits per heavy atom. The van der Waals surface area contributed by atoms with Crippen LogP contribution in [0.5, 0.6) is 5.75 Å². The van der Waals surface area contributed by atoms with Crippen LogP contribution >= 0.6 is 11.6 Å². The van der Waals surface area contributed by atoms with Crippen LogP contribution in [0.4, 0.5) is 0 Å². The Labute approximate surface area is 129 Å². The summed E-state index contributed by atoms with van der Waals surface area (Å²) >= 11 is 6.41. The highest BCUT2D eigenvalue weighted by molar-refractivity contribution is 6.30. The molecular formula is C16H20ClN3O. The zero-order chi connectivity index (χ0) is 15.0. The van der Waals surface area contributed by atoms with E-state index in [2.05, 4.69) is 11.2 Å². The summed E-state index contributed by atoms with van der Waals surface area (Å²) < 4.78 is 7.50. The highest BCUT2D eigenvalue weighted by atomic mass is 35.5. The molecular weight excluding hydrogens is 286 g/mol. The SMILES string of the molecule is Cc1nn(C)c(Cl)c1CC1(CN)CCOc2ccccc21. The molecule has 5 heteroatoms. The van der Waals surface area contributed by atoms with E-state index in [1.54, 1.807) is 4.68 Å². The number of hydrogen-bond donors (Lipinski definition) is 1. The first-order chi connectivity index (χ1) is 10.1. The van der Waals surface area contributed by atoms with Crippen LogP contribution in [0.2, 0.25) is 5.15 Å². The summed E-state index contributed by atoms with van der Waals surface area (Å²) in [6, 6.07) is 8.15. The molecule has 1 aromatic heterocycles. The first kappa shape index (κ1) is 14.4. The first-order valence-corrected chi connectivity index (χ1v) is 7.55. The van der Waals surface area contributed by atoms with Crippen molar-refractivity contribution in [3.05, 3.63) is 46.2 Å². The van der Waals surface area contributed by atoms with Crippen LogP contribution in [0.1, 0.15) is 23.2 Å². The number of hydrogen-bond acceptors (Lipinski definition) is 3. The highest BCUT2D eigenvalue weighted by Crippen LogP contribution is 2.41. The zero-order valence-corrected chi connectivity index (χ0v) is 13.2. The predicted molar refractivity (Wildman–Crippen MR) is 83.9 cm³/mol. The molecule has 112 valence electrons. The number of nitrogens with zero attached hydrogens (tertiary/aromatic N) is 2. The molecule has 4 nitrogen and oxygen atoms in total. The van der Waals surface area contributed by atoms with Crippen LogP contribution in [0.25, 0.3) is 0 Å². The molecule has 2 heterocycles. The number of nitrogens with two attached hydrogens (primary N) is 1. The van der Waals surface area contributed by atoms with Gasteiger partial charge in [0.25, 0.3) is 0 Å². The third-order valence-electron chi connectivity index (χ3n) is 4.47. The van der Waals surface area contributed by atoms with Gasteiger partial charge in [-0.25, -0.2) is 0 Å². The second-order valence-corrected chi connectivity index (χ2v) is 6.09. The standard InChI is InChI=1S/C16H20ClN3O/c1-11-12(15(17)20(2)19-11)9-16(10-18)7-8-21-14-6-4-3-5-13(14)16/h3-6H,7-10,18H2,1-2H3. The minimum absolute atomic E-state index is 0.133. The lowest BCUT2D eigenvalue weighted by Gasteiger charge is -2.38. The van der Waals surface area contributed by atoms with Crippen LogP contribution in [-0.4, -0.2) is 22.9 Å². The molecule has 0 saturated carbocycles. The second-order valence-electron chi connectivity index (χ2n) is 5.73. The Kier molecular flexibility index (Phi) is 3.68. The zero-order valence-electron chi connectivity index (χ0n) is 12.4. The van der Waals surface area contributed by atoms with Gasteiger partial charge in [0.1, 0.15) is 10.9 Å². The number of aromatic nitrogens is 2. The van der Waals surface area contributed by atoms with Gasteiger partial charge in [-0.1, -0.05) is 29.8 Å². The van der Waals surface area contributed by atoms with E-state index in [9.17, 15) is 0 Å². The van der Waals surface area contributed by atoms with Crippen LogP contribution in [0.15, 0.2) is 24.3 Å². The maximum absolute atomic E-state index is 6.41. The molecule has 0 saturated heterocycles. The third-order valence-corrected chi connectivity index (χ3v) is 4.95. The number of aryl methyl sites for hydroxylation is 2. The van der Waals surface area contributed by atoms with E-state index >= 15 is 0 Å². The van der Waals surface area contributed by atoms with Crippen molar-refractivity contribution in [1.82, 2.24) is 9.78 Å². The number of fused-ring (bicyclic) bond motifs is 1. The van der Waals surface area contributed by atoms with Crippen molar-refractivity contribution in [2.75, 3.05) is 13.2 Å². The predicted octanol–water partition coefficient (Wildman–Crippen LogP) is 2.60. The van der Waals surface area contributed by atoms with E-state index in [0.29, 0.717) is 18.3 Å². The summed E-state index contributed by atoms with van der Waals surface area (Å²) in [6.45, 7) is 3.25. The molecule has 0 amide bonds. The molecule has 0 radical (unpaired) electrons. The molecule has 2 N–H and O–H groups in total. The summed E-state index contributed by atoms with van der Waals surface area (Å²) in [5, 5.41) is 5.11. The van der Waals surface area contributed by atoms with Gasteiger partial charge in [-0.2, -0.15) is 5.10 Å². The summed E-state index contributed by atoms with van der Waals surface area (Å²) in [5.74, 6) is 0.937. The Hall–Kier alpha value is -1.52. The van der Waals surface area contributed by atoms with Crippen molar-refractivity contribution in [3.63, 3.8) is 0 Å². The molecule has 3 rings (SSSR count). The fraction of sp³-hybridized carbons (Fsp3) is 0.438. The number of ether oxygens (including phenoxy) is 1. The Morgan fingerprint density at radius 1 is 1.43 bits per heavy atom. The Balaban J connectivity index is 2.06. The molecule has 1 atom stereocenters. The van der Waals surface area contributed by atoms with Crippen molar-refractivity contribution in [3.8, 4) is 5.75 Å². The van der Waals surface area contributed by atoms with Gasteiger partial charge in [0.15, 0.2) is 0 Å². The van der Waals surface area contributed by atoms with Crippen molar-refractivity contribution < 1.29 is 4.74 Å². The molecule has 1 aliphatic rings. The van der Waals surface area contributed by atoms with E-state index in [1.165, 1.54) is 5.56 Å². The summed E-state index contributed by atoms with van der Waals surface area (Å²) in [5.41, 5.74) is 9.28. The van der Waals surface area contributed by atoms with Crippen molar-refractivity contribution >= 4 is 11.6 Å². The Morgan fingerprint density at radius 3 is 2.86 bits per heavy atom. The molecule has 0 fully saturated rings. The van der Waals surface area contributed by atoms with Gasteiger partial charge in [0.2, 0.25) is 0 Å². The summed E-state index contributed by atoms with van der Waals surface area (Å²) in [7, 11) is 1.87. The van der Waals surface area contributed by atoms with E-state index < -0.39 is 0 Å². The maximum atomic E-state index is 6.41. The average molecular weight is 306 g/mol. The number of para-hydroxylation sites is 1. The molecule has 0 bridgehead atoms. The quantitative estimate of drug-likeness (QED) is 0.948. The van der Waals surface area contributed by atoms with Crippen LogP contribution in [0.3, 0.4) is 0 Å². The van der Waals surface area contributed by atoms with Crippen molar-refractivity contribution in [2.45, 2.75) is 25.2 Å². The summed E-state index contributed by atoms with van der Waals surface area (Å²) in [6.07, 6.45) is 1.69. The molecule has 0 aliphatic carbocycles. The minimum Gasteiger partial charge on any atom is -0.493 e. The van der Waals surface area contributed by atoms with Crippen LogP contribution in [0, 0.1) is 6.92 Å². The third kappa shape index (κ3) is 2.32. The maximum Gasteiger partial charge on any atom is 0.130 e. The fourth-order valence-electron chi connectivity index (χ4n) is 3.20. The van der Waals surface area contributed by atoms with Gasteiger partial charge >= 0.3 is 0 Å². The number of benzene rings is 1. The molecule has 1 aromatic carbocycles. The minimum atomic E-state index is -0.133. The van der Waals surface area contributed by atoms with E-state index in [4.69, 9.17) is 22.1 Å². The molecule has 21 heavy (non-hydrogen) atoms. The molecule has 1 aliphatic heterocycles. The average Bonchev–Trinajstić information content (AvgIpc) is 2.74. The van der Waals surface area contributed by atoms with Crippen molar-refractivity contribution in [1.29, 1.82) is 0 Å². The van der Waals surface area contributed by atoms with Gasteiger partial charge in [-0.3, -0.25) is 4.68 Å². The van der Waals surface area contributed by atoms with Gasteiger partial charge < -0.3 is 10.5 Å². The normalized spacial score (nSPS) is 21.0. The lowest BCUT2D eigenvalue weighted by molar-refractivity contribution is 0.215. The first-order valence-electron chi connectivity index (χ1n) is 7.18. The van der Waals surface area contributed by atoms with Crippen LogP contribution in [-0.2, 0) is 18.9 Å². The van der Waals surface area contributed by atoms with E-state index in [-0.39, 0.29) is 5.41 Å². The largest absolute Gasteiger partial charge is 0.493 e. The van der Waals surface area contributed by atoms with Crippen molar-refractivity contribution in [2.24, 2.45) is 12.8 Å². The van der Waals surface area contributed by atoms with Gasteiger partial charge in [0, 0.05) is 30.1 Å². The highest BCUT2D eigenvalue weighted by Gasteiger charge is 2.38.